The smallest absolute Gasteiger partial charge is 0.312 e. The van der Waals surface area contributed by atoms with E-state index in [1.807, 2.05) is 0 Å². The van der Waals surface area contributed by atoms with E-state index in [1.54, 1.807) is 29.2 Å². The van der Waals surface area contributed by atoms with E-state index in [1.165, 1.54) is 17.0 Å². The molecular formula is C20H21FN4O2. The summed E-state index contributed by atoms with van der Waals surface area (Å²) in [5.41, 5.74) is 1.81. The van der Waals surface area contributed by atoms with Crippen LogP contribution in [0.25, 0.3) is 11.3 Å². The van der Waals surface area contributed by atoms with E-state index in [-0.39, 0.29) is 18.4 Å². The Labute approximate surface area is 157 Å². The van der Waals surface area contributed by atoms with Crippen molar-refractivity contribution >= 4 is 11.8 Å². The van der Waals surface area contributed by atoms with Crippen LogP contribution in [0.1, 0.15) is 31.4 Å². The number of carbonyl (C=O) groups is 2. The third kappa shape index (κ3) is 3.67. The van der Waals surface area contributed by atoms with E-state index >= 15 is 0 Å². The number of aromatic nitrogens is 2. The van der Waals surface area contributed by atoms with Gasteiger partial charge in [0, 0.05) is 24.7 Å². The van der Waals surface area contributed by atoms with Crippen molar-refractivity contribution in [3.05, 3.63) is 47.9 Å². The fourth-order valence-corrected chi connectivity index (χ4v) is 3.85. The van der Waals surface area contributed by atoms with E-state index in [0.717, 1.165) is 25.7 Å². The summed E-state index contributed by atoms with van der Waals surface area (Å²) < 4.78 is 13.3. The molecule has 1 aromatic heterocycles. The Morgan fingerprint density at radius 1 is 1.00 bits per heavy atom. The van der Waals surface area contributed by atoms with Crippen molar-refractivity contribution in [2.24, 2.45) is 0 Å². The zero-order valence-corrected chi connectivity index (χ0v) is 15.0. The van der Waals surface area contributed by atoms with Gasteiger partial charge in [-0.15, -0.1) is 0 Å². The monoisotopic (exact) mass is 368 g/mol. The van der Waals surface area contributed by atoms with Crippen LogP contribution in [-0.4, -0.2) is 50.9 Å². The molecule has 2 heterocycles. The van der Waals surface area contributed by atoms with Crippen molar-refractivity contribution in [1.29, 1.82) is 0 Å². The Balaban J connectivity index is 1.42. The van der Waals surface area contributed by atoms with E-state index in [2.05, 4.69) is 10.2 Å². The fraction of sp³-hybridized carbons (Fsp3) is 0.400. The molecule has 140 valence electrons. The normalized spacial score (nSPS) is 18.4. The lowest BCUT2D eigenvalue weighted by Crippen LogP contribution is -2.56. The van der Waals surface area contributed by atoms with Crippen LogP contribution in [0, 0.1) is 5.82 Å². The molecule has 0 radical (unpaired) electrons. The van der Waals surface area contributed by atoms with Gasteiger partial charge in [0.2, 0.25) is 0 Å². The third-order valence-electron chi connectivity index (χ3n) is 5.30. The van der Waals surface area contributed by atoms with Crippen molar-refractivity contribution in [3.8, 4) is 11.3 Å². The van der Waals surface area contributed by atoms with E-state index in [9.17, 15) is 14.0 Å². The zero-order valence-electron chi connectivity index (χ0n) is 15.0. The van der Waals surface area contributed by atoms with Gasteiger partial charge in [0.25, 0.3) is 0 Å². The van der Waals surface area contributed by atoms with Gasteiger partial charge >= 0.3 is 11.8 Å². The van der Waals surface area contributed by atoms with Crippen molar-refractivity contribution < 1.29 is 14.0 Å². The van der Waals surface area contributed by atoms with Crippen molar-refractivity contribution in [1.82, 2.24) is 20.0 Å². The average molecular weight is 368 g/mol. The highest BCUT2D eigenvalue weighted by Crippen LogP contribution is 2.25. The van der Waals surface area contributed by atoms with Gasteiger partial charge in [-0.25, -0.2) is 4.39 Å². The summed E-state index contributed by atoms with van der Waals surface area (Å²) in [6.07, 6.45) is 4.23. The standard InChI is InChI=1S/C20H21FN4O2/c21-15-5-3-4-14(12-15)18-9-8-16(22-23-18)13-24-10-11-25(20(27)19(24)26)17-6-1-2-7-17/h3-5,8-9,12,17H,1-2,6-7,10-11,13H2. The number of rotatable bonds is 4. The number of benzene rings is 1. The van der Waals surface area contributed by atoms with Crippen LogP contribution in [0.4, 0.5) is 4.39 Å². The molecule has 0 atom stereocenters. The highest BCUT2D eigenvalue weighted by atomic mass is 19.1. The molecule has 0 spiro atoms. The summed E-state index contributed by atoms with van der Waals surface area (Å²) in [6.45, 7) is 1.33. The third-order valence-corrected chi connectivity index (χ3v) is 5.30. The van der Waals surface area contributed by atoms with Crippen molar-refractivity contribution in [3.63, 3.8) is 0 Å². The number of piperazine rings is 1. The molecule has 2 aromatic rings. The maximum Gasteiger partial charge on any atom is 0.312 e. The topological polar surface area (TPSA) is 66.4 Å². The second-order valence-electron chi connectivity index (χ2n) is 7.08. The van der Waals surface area contributed by atoms with Crippen LogP contribution in [0.5, 0.6) is 0 Å². The van der Waals surface area contributed by atoms with Gasteiger partial charge < -0.3 is 9.80 Å². The first kappa shape index (κ1) is 17.6. The molecule has 27 heavy (non-hydrogen) atoms. The summed E-state index contributed by atoms with van der Waals surface area (Å²) in [6, 6.07) is 9.87. The summed E-state index contributed by atoms with van der Waals surface area (Å²) >= 11 is 0. The van der Waals surface area contributed by atoms with Crippen LogP contribution < -0.4 is 0 Å². The number of nitrogens with zero attached hydrogens (tertiary/aromatic N) is 4. The van der Waals surface area contributed by atoms with E-state index in [0.29, 0.717) is 30.0 Å². The largest absolute Gasteiger partial charge is 0.330 e. The number of hydrogen-bond donors (Lipinski definition) is 0. The van der Waals surface area contributed by atoms with Crippen LogP contribution in [-0.2, 0) is 16.1 Å². The lowest BCUT2D eigenvalue weighted by Gasteiger charge is -2.36. The highest BCUT2D eigenvalue weighted by molar-refractivity contribution is 6.35. The maximum absolute atomic E-state index is 13.3. The lowest BCUT2D eigenvalue weighted by atomic mass is 10.1. The molecule has 1 aliphatic carbocycles. The first-order valence-corrected chi connectivity index (χ1v) is 9.30. The maximum atomic E-state index is 13.3. The summed E-state index contributed by atoms with van der Waals surface area (Å²) in [4.78, 5) is 28.2. The molecule has 6 nitrogen and oxygen atoms in total. The fourth-order valence-electron chi connectivity index (χ4n) is 3.85. The minimum atomic E-state index is -0.468. The minimum absolute atomic E-state index is 0.217. The predicted octanol–water partition coefficient (Wildman–Crippen LogP) is 2.40. The minimum Gasteiger partial charge on any atom is -0.330 e. The Hall–Kier alpha value is -2.83. The molecule has 2 amide bonds. The quantitative estimate of drug-likeness (QED) is 0.778. The summed E-state index contributed by atoms with van der Waals surface area (Å²) in [5, 5.41) is 8.27. The number of halogens is 1. The zero-order chi connectivity index (χ0) is 18.8. The van der Waals surface area contributed by atoms with Gasteiger partial charge in [-0.2, -0.15) is 10.2 Å². The molecule has 0 unspecified atom stereocenters. The summed E-state index contributed by atoms with van der Waals surface area (Å²) in [5.74, 6) is -1.20. The molecule has 1 saturated heterocycles. The van der Waals surface area contributed by atoms with Gasteiger partial charge in [-0.3, -0.25) is 9.59 Å². The molecule has 1 aliphatic heterocycles. The molecule has 7 heteroatoms. The molecular weight excluding hydrogens is 347 g/mol. The molecule has 0 N–H and O–H groups in total. The van der Waals surface area contributed by atoms with Crippen LogP contribution in [0.2, 0.25) is 0 Å². The SMILES string of the molecule is O=C1C(=O)N(C2CCCC2)CCN1Cc1ccc(-c2cccc(F)c2)nn1. The van der Waals surface area contributed by atoms with Crippen LogP contribution in [0.3, 0.4) is 0 Å². The molecule has 0 bridgehead atoms. The molecule has 2 aliphatic rings. The lowest BCUT2D eigenvalue weighted by molar-refractivity contribution is -0.158. The molecule has 1 saturated carbocycles. The van der Waals surface area contributed by atoms with Gasteiger partial charge in [0.15, 0.2) is 0 Å². The molecule has 1 aromatic carbocycles. The van der Waals surface area contributed by atoms with E-state index in [4.69, 9.17) is 0 Å². The van der Waals surface area contributed by atoms with Gasteiger partial charge in [-0.1, -0.05) is 25.0 Å². The van der Waals surface area contributed by atoms with Gasteiger partial charge in [0.1, 0.15) is 5.82 Å². The van der Waals surface area contributed by atoms with Gasteiger partial charge in [-0.05, 0) is 37.1 Å². The molecule has 2 fully saturated rings. The Kier molecular flexibility index (Phi) is 4.83. The average Bonchev–Trinajstić information content (AvgIpc) is 3.21. The first-order valence-electron chi connectivity index (χ1n) is 9.30. The predicted molar refractivity (Wildman–Crippen MR) is 96.8 cm³/mol. The van der Waals surface area contributed by atoms with Gasteiger partial charge in [0.05, 0.1) is 17.9 Å². The Bertz CT molecular complexity index is 849. The summed E-state index contributed by atoms with van der Waals surface area (Å²) in [7, 11) is 0. The second-order valence-corrected chi connectivity index (χ2v) is 7.08. The number of amides is 2. The van der Waals surface area contributed by atoms with Crippen molar-refractivity contribution in [2.45, 2.75) is 38.3 Å². The van der Waals surface area contributed by atoms with E-state index < -0.39 is 11.8 Å². The van der Waals surface area contributed by atoms with Crippen molar-refractivity contribution in [2.75, 3.05) is 13.1 Å². The first-order chi connectivity index (χ1) is 13.1. The van der Waals surface area contributed by atoms with Crippen LogP contribution >= 0.6 is 0 Å². The molecule has 4 rings (SSSR count). The Morgan fingerprint density at radius 3 is 2.52 bits per heavy atom. The van der Waals surface area contributed by atoms with Crippen LogP contribution in [0.15, 0.2) is 36.4 Å². The highest BCUT2D eigenvalue weighted by Gasteiger charge is 2.37. The second kappa shape index (κ2) is 7.42. The number of carbonyl (C=O) groups excluding carboxylic acids is 2. The Morgan fingerprint density at radius 2 is 1.81 bits per heavy atom. The number of hydrogen-bond acceptors (Lipinski definition) is 4.